The van der Waals surface area contributed by atoms with Crippen LogP contribution in [-0.2, 0) is 14.3 Å². The first-order valence-corrected chi connectivity index (χ1v) is 7.35. The van der Waals surface area contributed by atoms with Gasteiger partial charge >= 0.3 is 5.97 Å². The van der Waals surface area contributed by atoms with Gasteiger partial charge in [0.05, 0.1) is 5.92 Å². The fourth-order valence-electron chi connectivity index (χ4n) is 3.25. The molecule has 5 nitrogen and oxygen atoms in total. The number of carbonyl (C=O) groups is 2. The van der Waals surface area contributed by atoms with Crippen molar-refractivity contribution in [1.82, 2.24) is 4.90 Å². The molecule has 2 aliphatic rings. The zero-order chi connectivity index (χ0) is 14.8. The molecule has 3 unspecified atom stereocenters. The molecule has 0 saturated carbocycles. The van der Waals surface area contributed by atoms with Crippen LogP contribution in [0.5, 0.6) is 0 Å². The second kappa shape index (κ2) is 5.85. The van der Waals surface area contributed by atoms with Gasteiger partial charge in [0.25, 0.3) is 5.91 Å². The van der Waals surface area contributed by atoms with E-state index in [-0.39, 0.29) is 24.5 Å². The molecule has 5 heteroatoms. The molecule has 1 amide bonds. The van der Waals surface area contributed by atoms with Crippen LogP contribution in [0.15, 0.2) is 30.3 Å². The summed E-state index contributed by atoms with van der Waals surface area (Å²) in [5.41, 5.74) is 0.979. The lowest BCUT2D eigenvalue weighted by Gasteiger charge is -2.20. The van der Waals surface area contributed by atoms with Crippen molar-refractivity contribution in [1.29, 1.82) is 0 Å². The number of amides is 1. The van der Waals surface area contributed by atoms with Crippen molar-refractivity contribution < 1.29 is 19.4 Å². The maximum absolute atomic E-state index is 12.4. The molecule has 0 bridgehead atoms. The Balaban J connectivity index is 1.78. The molecule has 3 rings (SSSR count). The summed E-state index contributed by atoms with van der Waals surface area (Å²) in [4.78, 5) is 25.6. The predicted molar refractivity (Wildman–Crippen MR) is 75.9 cm³/mol. The Hall–Kier alpha value is -1.88. The van der Waals surface area contributed by atoms with Crippen molar-refractivity contribution in [3.05, 3.63) is 35.9 Å². The second-order valence-corrected chi connectivity index (χ2v) is 5.71. The number of aliphatic carboxylic acids is 1. The van der Waals surface area contributed by atoms with Crippen LogP contribution in [0.4, 0.5) is 0 Å². The van der Waals surface area contributed by atoms with Crippen molar-refractivity contribution in [2.24, 2.45) is 5.92 Å². The van der Waals surface area contributed by atoms with Crippen molar-refractivity contribution in [2.75, 3.05) is 19.7 Å². The second-order valence-electron chi connectivity index (χ2n) is 5.71. The Morgan fingerprint density at radius 2 is 1.95 bits per heavy atom. The van der Waals surface area contributed by atoms with E-state index >= 15 is 0 Å². The molecule has 2 saturated heterocycles. The van der Waals surface area contributed by atoms with Gasteiger partial charge in [-0.25, -0.2) is 0 Å². The molecule has 1 aromatic rings. The van der Waals surface area contributed by atoms with Gasteiger partial charge in [-0.3, -0.25) is 9.59 Å². The number of nitrogens with zero attached hydrogens (tertiary/aromatic N) is 1. The van der Waals surface area contributed by atoms with Crippen LogP contribution in [-0.4, -0.2) is 47.7 Å². The van der Waals surface area contributed by atoms with E-state index in [0.717, 1.165) is 18.4 Å². The molecule has 0 radical (unpaired) electrons. The van der Waals surface area contributed by atoms with Crippen LogP contribution < -0.4 is 0 Å². The Morgan fingerprint density at radius 1 is 1.19 bits per heavy atom. The average molecular weight is 289 g/mol. The lowest BCUT2D eigenvalue weighted by Crippen LogP contribution is -2.37. The number of benzene rings is 1. The first-order valence-electron chi connectivity index (χ1n) is 7.35. The minimum Gasteiger partial charge on any atom is -0.481 e. The van der Waals surface area contributed by atoms with Crippen LogP contribution in [0, 0.1) is 5.92 Å². The van der Waals surface area contributed by atoms with E-state index in [9.17, 15) is 14.7 Å². The Labute approximate surface area is 123 Å². The van der Waals surface area contributed by atoms with Crippen molar-refractivity contribution in [2.45, 2.75) is 24.9 Å². The molecular weight excluding hydrogens is 270 g/mol. The monoisotopic (exact) mass is 289 g/mol. The first kappa shape index (κ1) is 14.1. The Morgan fingerprint density at radius 3 is 2.57 bits per heavy atom. The molecule has 2 fully saturated rings. The third-order valence-corrected chi connectivity index (χ3v) is 4.38. The summed E-state index contributed by atoms with van der Waals surface area (Å²) in [6.07, 6.45) is 1.26. The number of carbonyl (C=O) groups excluding carboxylic acids is 1. The zero-order valence-corrected chi connectivity index (χ0v) is 11.8. The molecule has 1 aromatic carbocycles. The molecule has 0 aliphatic carbocycles. The van der Waals surface area contributed by atoms with Gasteiger partial charge in [-0.2, -0.15) is 0 Å². The lowest BCUT2D eigenvalue weighted by atomic mass is 9.89. The zero-order valence-electron chi connectivity index (χ0n) is 11.8. The van der Waals surface area contributed by atoms with Crippen molar-refractivity contribution >= 4 is 11.9 Å². The average Bonchev–Trinajstić information content (AvgIpc) is 3.17. The van der Waals surface area contributed by atoms with E-state index in [1.807, 2.05) is 30.3 Å². The fourth-order valence-corrected chi connectivity index (χ4v) is 3.25. The topological polar surface area (TPSA) is 66.8 Å². The highest BCUT2D eigenvalue weighted by atomic mass is 16.5. The molecule has 2 heterocycles. The maximum atomic E-state index is 12.4. The number of hydrogen-bond acceptors (Lipinski definition) is 3. The summed E-state index contributed by atoms with van der Waals surface area (Å²) < 4.78 is 5.43. The van der Waals surface area contributed by atoms with E-state index in [4.69, 9.17) is 4.74 Å². The highest BCUT2D eigenvalue weighted by molar-refractivity contribution is 5.83. The fraction of sp³-hybridized carbons (Fsp3) is 0.500. The largest absolute Gasteiger partial charge is 0.481 e. The summed E-state index contributed by atoms with van der Waals surface area (Å²) in [6, 6.07) is 9.57. The molecule has 112 valence electrons. The quantitative estimate of drug-likeness (QED) is 0.915. The molecule has 3 atom stereocenters. The summed E-state index contributed by atoms with van der Waals surface area (Å²) in [7, 11) is 0. The van der Waals surface area contributed by atoms with E-state index < -0.39 is 11.9 Å². The van der Waals surface area contributed by atoms with Gasteiger partial charge in [-0.1, -0.05) is 30.3 Å². The molecule has 1 N–H and O–H groups in total. The molecule has 21 heavy (non-hydrogen) atoms. The summed E-state index contributed by atoms with van der Waals surface area (Å²) >= 11 is 0. The third-order valence-electron chi connectivity index (χ3n) is 4.38. The maximum Gasteiger partial charge on any atom is 0.308 e. The number of ether oxygens (including phenoxy) is 1. The molecule has 0 aromatic heterocycles. The minimum atomic E-state index is -0.841. The van der Waals surface area contributed by atoms with E-state index in [2.05, 4.69) is 0 Å². The number of hydrogen-bond donors (Lipinski definition) is 1. The minimum absolute atomic E-state index is 0.0582. The smallest absolute Gasteiger partial charge is 0.308 e. The predicted octanol–water partition coefficient (Wildman–Crippen LogP) is 1.49. The summed E-state index contributed by atoms with van der Waals surface area (Å²) in [5.74, 6) is -1.59. The summed E-state index contributed by atoms with van der Waals surface area (Å²) in [6.45, 7) is 1.35. The Bertz CT molecular complexity index is 524. The normalized spacial score (nSPS) is 28.8. The van der Waals surface area contributed by atoms with Crippen LogP contribution >= 0.6 is 0 Å². The third kappa shape index (κ3) is 2.78. The number of carboxylic acid groups (broad SMARTS) is 1. The highest BCUT2D eigenvalue weighted by Crippen LogP contribution is 2.33. The lowest BCUT2D eigenvalue weighted by molar-refractivity contribution is -0.143. The molecule has 2 aliphatic heterocycles. The van der Waals surface area contributed by atoms with Gasteiger partial charge in [-0.05, 0) is 18.4 Å². The first-order chi connectivity index (χ1) is 10.2. The van der Waals surface area contributed by atoms with Crippen molar-refractivity contribution in [3.63, 3.8) is 0 Å². The van der Waals surface area contributed by atoms with Crippen LogP contribution in [0.2, 0.25) is 0 Å². The van der Waals surface area contributed by atoms with Gasteiger partial charge in [0, 0.05) is 25.6 Å². The van der Waals surface area contributed by atoms with Crippen LogP contribution in [0.3, 0.4) is 0 Å². The van der Waals surface area contributed by atoms with E-state index in [1.54, 1.807) is 4.90 Å². The summed E-state index contributed by atoms with van der Waals surface area (Å²) in [5, 5.41) is 9.44. The number of rotatable bonds is 3. The van der Waals surface area contributed by atoms with Gasteiger partial charge in [0.1, 0.15) is 6.10 Å². The van der Waals surface area contributed by atoms with Crippen molar-refractivity contribution in [3.8, 4) is 0 Å². The van der Waals surface area contributed by atoms with E-state index in [1.165, 1.54) is 0 Å². The van der Waals surface area contributed by atoms with Crippen LogP contribution in [0.25, 0.3) is 0 Å². The van der Waals surface area contributed by atoms with Gasteiger partial charge in [0.2, 0.25) is 0 Å². The van der Waals surface area contributed by atoms with Crippen LogP contribution in [0.1, 0.15) is 24.3 Å². The standard InChI is InChI=1S/C16H19NO4/c18-15(14-7-4-8-21-14)17-9-12(13(10-17)16(19)20)11-5-2-1-3-6-11/h1-3,5-6,12-14H,4,7-10H2,(H,19,20). The molecule has 0 spiro atoms. The van der Waals surface area contributed by atoms with E-state index in [0.29, 0.717) is 13.2 Å². The van der Waals surface area contributed by atoms with Gasteiger partial charge in [0.15, 0.2) is 0 Å². The molecular formula is C16H19NO4. The number of carboxylic acids is 1. The number of likely N-dealkylation sites (tertiary alicyclic amines) is 1. The van der Waals surface area contributed by atoms with Gasteiger partial charge in [-0.15, -0.1) is 0 Å². The SMILES string of the molecule is O=C(O)C1CN(C(=O)C2CCCO2)CC1c1ccccc1. The Kier molecular flexibility index (Phi) is 3.92. The highest BCUT2D eigenvalue weighted by Gasteiger charge is 2.42. The van der Waals surface area contributed by atoms with Gasteiger partial charge < -0.3 is 14.7 Å².